The van der Waals surface area contributed by atoms with Crippen molar-refractivity contribution in [2.24, 2.45) is 0 Å². The fraction of sp³-hybridized carbons (Fsp3) is 0.261. The predicted molar refractivity (Wildman–Crippen MR) is 109 cm³/mol. The second kappa shape index (κ2) is 9.61. The van der Waals surface area contributed by atoms with Crippen molar-refractivity contribution in [1.29, 1.82) is 5.26 Å². The molecule has 0 aromatic heterocycles. The highest BCUT2D eigenvalue weighted by atomic mass is 16.7. The molecule has 3 rings (SSSR count). The quantitative estimate of drug-likeness (QED) is 0.398. The topological polar surface area (TPSA) is 88.9 Å². The van der Waals surface area contributed by atoms with Gasteiger partial charge in [-0.3, -0.25) is 4.79 Å². The summed E-state index contributed by atoms with van der Waals surface area (Å²) in [5.74, 6) is 0.135. The van der Waals surface area contributed by atoms with E-state index < -0.39 is 12.6 Å². The maximum absolute atomic E-state index is 12.5. The lowest BCUT2D eigenvalue weighted by Crippen LogP contribution is -2.34. The molecule has 0 aliphatic carbocycles. The third kappa shape index (κ3) is 5.17. The Morgan fingerprint density at radius 3 is 2.60 bits per heavy atom. The molecule has 1 aliphatic heterocycles. The molecule has 1 aliphatic rings. The lowest BCUT2D eigenvalue weighted by atomic mass is 10.1. The number of fused-ring (bicyclic) bond motifs is 1. The number of amides is 1. The summed E-state index contributed by atoms with van der Waals surface area (Å²) in [4.78, 5) is 26.3. The van der Waals surface area contributed by atoms with E-state index in [1.165, 1.54) is 6.08 Å². The fourth-order valence-corrected chi connectivity index (χ4v) is 2.90. The Bertz CT molecular complexity index is 1010. The molecular weight excluding hydrogens is 384 g/mol. The molecule has 0 N–H and O–H groups in total. The van der Waals surface area contributed by atoms with Gasteiger partial charge in [0.05, 0.1) is 0 Å². The van der Waals surface area contributed by atoms with Gasteiger partial charge in [-0.2, -0.15) is 5.26 Å². The monoisotopic (exact) mass is 406 g/mol. The van der Waals surface area contributed by atoms with E-state index in [9.17, 15) is 14.9 Å². The van der Waals surface area contributed by atoms with Gasteiger partial charge in [0.25, 0.3) is 5.91 Å². The Kier molecular flexibility index (Phi) is 6.71. The number of benzene rings is 2. The van der Waals surface area contributed by atoms with Crippen molar-refractivity contribution >= 4 is 18.0 Å². The average Bonchev–Trinajstić information content (AvgIpc) is 3.23. The molecule has 7 nitrogen and oxygen atoms in total. The molecular formula is C23H22N2O5. The third-order valence-electron chi connectivity index (χ3n) is 4.60. The summed E-state index contributed by atoms with van der Waals surface area (Å²) in [6, 6.07) is 14.7. The number of esters is 1. The largest absolute Gasteiger partial charge is 0.454 e. The number of carbonyl (C=O) groups excluding carboxylic acids is 2. The number of hydrogen-bond acceptors (Lipinski definition) is 6. The molecule has 0 saturated carbocycles. The van der Waals surface area contributed by atoms with Gasteiger partial charge in [-0.15, -0.1) is 0 Å². The van der Waals surface area contributed by atoms with Crippen LogP contribution >= 0.6 is 0 Å². The van der Waals surface area contributed by atoms with Crippen LogP contribution in [0.2, 0.25) is 0 Å². The zero-order chi connectivity index (χ0) is 21.5. The van der Waals surface area contributed by atoms with Gasteiger partial charge < -0.3 is 19.1 Å². The number of hydrogen-bond donors (Lipinski definition) is 0. The SMILES string of the molecule is CCN(Cc1ccc2c(c1)OCO2)C(=O)COC(=O)/C(C#N)=C/c1ccc(C)cc1. The number of carbonyl (C=O) groups is 2. The average molecular weight is 406 g/mol. The maximum Gasteiger partial charge on any atom is 0.349 e. The minimum absolute atomic E-state index is 0.162. The number of nitriles is 1. The molecule has 0 radical (unpaired) electrons. The Morgan fingerprint density at radius 1 is 1.17 bits per heavy atom. The van der Waals surface area contributed by atoms with Crippen LogP contribution in [0.5, 0.6) is 11.5 Å². The molecule has 2 aromatic rings. The van der Waals surface area contributed by atoms with E-state index in [1.54, 1.807) is 23.1 Å². The van der Waals surface area contributed by atoms with Crippen molar-refractivity contribution in [3.63, 3.8) is 0 Å². The van der Waals surface area contributed by atoms with Gasteiger partial charge in [0, 0.05) is 13.1 Å². The summed E-state index contributed by atoms with van der Waals surface area (Å²) in [5, 5.41) is 9.27. The van der Waals surface area contributed by atoms with Gasteiger partial charge >= 0.3 is 5.97 Å². The van der Waals surface area contributed by atoms with E-state index >= 15 is 0 Å². The Labute approximate surface area is 175 Å². The number of aryl methyl sites for hydroxylation is 1. The highest BCUT2D eigenvalue weighted by molar-refractivity contribution is 5.98. The predicted octanol–water partition coefficient (Wildman–Crippen LogP) is 3.22. The molecule has 0 unspecified atom stereocenters. The van der Waals surface area contributed by atoms with Crippen molar-refractivity contribution < 1.29 is 23.8 Å². The zero-order valence-corrected chi connectivity index (χ0v) is 16.9. The minimum atomic E-state index is -0.828. The molecule has 0 atom stereocenters. The van der Waals surface area contributed by atoms with Gasteiger partial charge in [-0.05, 0) is 43.2 Å². The first-order chi connectivity index (χ1) is 14.5. The van der Waals surface area contributed by atoms with E-state index in [1.807, 2.05) is 44.2 Å². The van der Waals surface area contributed by atoms with Crippen LogP contribution in [-0.2, 0) is 20.9 Å². The summed E-state index contributed by atoms with van der Waals surface area (Å²) in [6.45, 7) is 4.31. The first kappa shape index (κ1) is 20.9. The Morgan fingerprint density at radius 2 is 1.90 bits per heavy atom. The molecule has 0 fully saturated rings. The van der Waals surface area contributed by atoms with Gasteiger partial charge in [0.2, 0.25) is 6.79 Å². The molecule has 0 saturated heterocycles. The molecule has 7 heteroatoms. The summed E-state index contributed by atoms with van der Waals surface area (Å²) in [6.07, 6.45) is 1.44. The van der Waals surface area contributed by atoms with E-state index in [0.717, 1.165) is 11.1 Å². The number of ether oxygens (including phenoxy) is 3. The van der Waals surface area contributed by atoms with Gasteiger partial charge in [0.1, 0.15) is 11.6 Å². The summed E-state index contributed by atoms with van der Waals surface area (Å²) < 4.78 is 15.7. The highest BCUT2D eigenvalue weighted by Gasteiger charge is 2.19. The van der Waals surface area contributed by atoms with Crippen LogP contribution in [0.25, 0.3) is 6.08 Å². The first-order valence-electron chi connectivity index (χ1n) is 9.52. The zero-order valence-electron chi connectivity index (χ0n) is 16.9. The normalized spacial score (nSPS) is 12.2. The maximum atomic E-state index is 12.5. The molecule has 154 valence electrons. The molecule has 0 spiro atoms. The number of rotatable bonds is 7. The Hall–Kier alpha value is -3.79. The highest BCUT2D eigenvalue weighted by Crippen LogP contribution is 2.32. The minimum Gasteiger partial charge on any atom is -0.454 e. The van der Waals surface area contributed by atoms with E-state index in [2.05, 4.69) is 0 Å². The van der Waals surface area contributed by atoms with Crippen LogP contribution in [0, 0.1) is 18.3 Å². The Balaban J connectivity index is 1.59. The lowest BCUT2D eigenvalue weighted by molar-refractivity contribution is -0.148. The third-order valence-corrected chi connectivity index (χ3v) is 4.60. The van der Waals surface area contributed by atoms with Crippen molar-refractivity contribution in [2.45, 2.75) is 20.4 Å². The smallest absolute Gasteiger partial charge is 0.349 e. The molecule has 2 aromatic carbocycles. The van der Waals surface area contributed by atoms with Gasteiger partial charge in [-0.25, -0.2) is 4.79 Å². The lowest BCUT2D eigenvalue weighted by Gasteiger charge is -2.21. The molecule has 30 heavy (non-hydrogen) atoms. The second-order valence-electron chi connectivity index (χ2n) is 6.75. The summed E-state index contributed by atoms with van der Waals surface area (Å²) in [7, 11) is 0. The summed E-state index contributed by atoms with van der Waals surface area (Å²) in [5.41, 5.74) is 2.49. The van der Waals surface area contributed by atoms with Crippen molar-refractivity contribution in [3.8, 4) is 17.6 Å². The number of likely N-dealkylation sites (N-methyl/N-ethyl adjacent to an activating group) is 1. The number of nitrogens with zero attached hydrogens (tertiary/aromatic N) is 2. The van der Waals surface area contributed by atoms with Crippen LogP contribution in [0.15, 0.2) is 48.0 Å². The van der Waals surface area contributed by atoms with E-state index in [4.69, 9.17) is 14.2 Å². The van der Waals surface area contributed by atoms with Crippen LogP contribution < -0.4 is 9.47 Å². The van der Waals surface area contributed by atoms with Crippen molar-refractivity contribution in [1.82, 2.24) is 4.90 Å². The van der Waals surface area contributed by atoms with Crippen molar-refractivity contribution in [2.75, 3.05) is 19.9 Å². The van der Waals surface area contributed by atoms with Crippen LogP contribution in [-0.4, -0.2) is 36.7 Å². The van der Waals surface area contributed by atoms with E-state index in [0.29, 0.717) is 30.2 Å². The van der Waals surface area contributed by atoms with Crippen LogP contribution in [0.3, 0.4) is 0 Å². The van der Waals surface area contributed by atoms with E-state index in [-0.39, 0.29) is 18.3 Å². The van der Waals surface area contributed by atoms with Crippen LogP contribution in [0.4, 0.5) is 0 Å². The fourth-order valence-electron chi connectivity index (χ4n) is 2.90. The first-order valence-corrected chi connectivity index (χ1v) is 9.52. The van der Waals surface area contributed by atoms with Gasteiger partial charge in [-0.1, -0.05) is 35.9 Å². The summed E-state index contributed by atoms with van der Waals surface area (Å²) >= 11 is 0. The van der Waals surface area contributed by atoms with Gasteiger partial charge in [0.15, 0.2) is 18.1 Å². The molecule has 1 heterocycles. The standard InChI is InChI=1S/C23H22N2O5/c1-3-25(13-18-8-9-20-21(11-18)30-15-29-20)22(26)14-28-23(27)19(12-24)10-17-6-4-16(2)5-7-17/h4-11H,3,13-15H2,1-2H3/b19-10+. The molecule has 1 amide bonds. The molecule has 0 bridgehead atoms. The van der Waals surface area contributed by atoms with Crippen molar-refractivity contribution in [3.05, 3.63) is 64.7 Å². The van der Waals surface area contributed by atoms with Crippen LogP contribution in [0.1, 0.15) is 23.6 Å². The second-order valence-corrected chi connectivity index (χ2v) is 6.75.